The Balaban J connectivity index is 1.67. The molecule has 1 aliphatic heterocycles. The molecule has 0 radical (unpaired) electrons. The Labute approximate surface area is 167 Å². The molecular weight excluding hydrogens is 366 g/mol. The largest absolute Gasteiger partial charge is 0.481 e. The summed E-state index contributed by atoms with van der Waals surface area (Å²) in [6.07, 6.45) is 1.94. The van der Waals surface area contributed by atoms with Crippen molar-refractivity contribution in [2.24, 2.45) is 5.92 Å². The van der Waals surface area contributed by atoms with Crippen molar-refractivity contribution in [1.29, 1.82) is 0 Å². The van der Waals surface area contributed by atoms with Gasteiger partial charge in [0.25, 0.3) is 0 Å². The second-order valence-corrected chi connectivity index (χ2v) is 8.04. The normalized spacial score (nSPS) is 23.7. The Bertz CT molecular complexity index is 1180. The molecule has 2 N–H and O–H groups in total. The highest BCUT2D eigenvalue weighted by molar-refractivity contribution is 6.10. The number of Topliss-reactive ketones (excluding diaryl/α,β-unsaturated/α-hetero) is 1. The first-order valence-corrected chi connectivity index (χ1v) is 10.0. The number of amides is 1. The number of carboxylic acid groups (broad SMARTS) is 1. The average molecular weight is 387 g/mol. The summed E-state index contributed by atoms with van der Waals surface area (Å²) in [5.41, 5.74) is 1.76. The number of carbonyl (C=O) groups excluding carboxylic acids is 2. The summed E-state index contributed by atoms with van der Waals surface area (Å²) in [5, 5.41) is 16.9. The van der Waals surface area contributed by atoms with Gasteiger partial charge in [0.05, 0.1) is 12.0 Å². The lowest BCUT2D eigenvalue weighted by atomic mass is 9.70. The van der Waals surface area contributed by atoms with Gasteiger partial charge in [0, 0.05) is 12.3 Å². The van der Waals surface area contributed by atoms with Crippen molar-refractivity contribution in [1.82, 2.24) is 5.32 Å². The van der Waals surface area contributed by atoms with Gasteiger partial charge in [-0.15, -0.1) is 0 Å². The van der Waals surface area contributed by atoms with Crippen molar-refractivity contribution < 1.29 is 19.5 Å². The van der Waals surface area contributed by atoms with E-state index in [9.17, 15) is 19.5 Å². The van der Waals surface area contributed by atoms with Crippen LogP contribution in [0.3, 0.4) is 0 Å². The van der Waals surface area contributed by atoms with Crippen LogP contribution < -0.4 is 5.32 Å². The van der Waals surface area contributed by atoms with Crippen molar-refractivity contribution in [2.45, 2.75) is 37.6 Å². The van der Waals surface area contributed by atoms with E-state index in [4.69, 9.17) is 0 Å². The standard InChI is InChI=1S/C24H21NO4/c26-20-12-11-19(25-20)23(27)18-10-7-14-6-8-16-15-4-2-1-3-13(15)5-9-17(16)21(14)22(18)24(28)29/h1-6,8-9,18-19,22H,7,10-12H2,(H,25,26)(H,28,29)/t18-,19?,22+/m0/s1. The minimum absolute atomic E-state index is 0.136. The first-order valence-electron chi connectivity index (χ1n) is 10.0. The van der Waals surface area contributed by atoms with E-state index in [0.29, 0.717) is 25.7 Å². The Morgan fingerprint density at radius 3 is 2.45 bits per heavy atom. The fourth-order valence-electron chi connectivity index (χ4n) is 5.11. The summed E-state index contributed by atoms with van der Waals surface area (Å²) in [4.78, 5) is 37.1. The highest BCUT2D eigenvalue weighted by Gasteiger charge is 2.43. The van der Waals surface area contributed by atoms with Crippen molar-refractivity contribution in [3.8, 4) is 0 Å². The van der Waals surface area contributed by atoms with E-state index < -0.39 is 23.8 Å². The van der Waals surface area contributed by atoms with E-state index in [1.54, 1.807) is 0 Å². The molecule has 5 heteroatoms. The van der Waals surface area contributed by atoms with Crippen LogP contribution in [0.4, 0.5) is 0 Å². The molecule has 1 aliphatic carbocycles. The molecular formula is C24H21NO4. The quantitative estimate of drug-likeness (QED) is 0.673. The molecule has 3 aromatic carbocycles. The van der Waals surface area contributed by atoms with Crippen molar-refractivity contribution in [2.75, 3.05) is 0 Å². The van der Waals surface area contributed by atoms with E-state index >= 15 is 0 Å². The minimum atomic E-state index is -0.978. The smallest absolute Gasteiger partial charge is 0.311 e. The number of aryl methyl sites for hydroxylation is 1. The molecule has 1 amide bonds. The molecule has 3 aromatic rings. The Morgan fingerprint density at radius 2 is 1.69 bits per heavy atom. The summed E-state index contributed by atoms with van der Waals surface area (Å²) in [6, 6.07) is 15.6. The third kappa shape index (κ3) is 2.80. The summed E-state index contributed by atoms with van der Waals surface area (Å²) in [5.74, 6) is -2.78. The summed E-state index contributed by atoms with van der Waals surface area (Å²) in [7, 11) is 0. The molecule has 5 rings (SSSR count). The summed E-state index contributed by atoms with van der Waals surface area (Å²) < 4.78 is 0. The number of rotatable bonds is 3. The Morgan fingerprint density at radius 1 is 0.897 bits per heavy atom. The lowest BCUT2D eigenvalue weighted by Gasteiger charge is -2.32. The van der Waals surface area contributed by atoms with Gasteiger partial charge in [0.1, 0.15) is 0 Å². The SMILES string of the molecule is O=C1CCC(C(=O)[C@H]2CCc3ccc4c(ccc5ccccc54)c3[C@@H]2C(=O)O)N1. The molecule has 29 heavy (non-hydrogen) atoms. The lowest BCUT2D eigenvalue weighted by molar-refractivity contribution is -0.143. The van der Waals surface area contributed by atoms with Gasteiger partial charge < -0.3 is 10.4 Å². The Hall–Kier alpha value is -3.21. The topological polar surface area (TPSA) is 83.5 Å². The molecule has 5 nitrogen and oxygen atoms in total. The van der Waals surface area contributed by atoms with Crippen LogP contribution in [0.1, 0.15) is 36.3 Å². The van der Waals surface area contributed by atoms with Crippen LogP contribution in [-0.2, 0) is 20.8 Å². The number of aliphatic carboxylic acids is 1. The van der Waals surface area contributed by atoms with Crippen LogP contribution in [0, 0.1) is 5.92 Å². The van der Waals surface area contributed by atoms with Crippen molar-refractivity contribution >= 4 is 39.2 Å². The van der Waals surface area contributed by atoms with Gasteiger partial charge in [-0.3, -0.25) is 14.4 Å². The van der Waals surface area contributed by atoms with Crippen LogP contribution >= 0.6 is 0 Å². The van der Waals surface area contributed by atoms with Crippen LogP contribution in [0.25, 0.3) is 21.5 Å². The fourth-order valence-corrected chi connectivity index (χ4v) is 5.11. The number of carboxylic acids is 1. The predicted octanol–water partition coefficient (Wildman–Crippen LogP) is 3.57. The van der Waals surface area contributed by atoms with Crippen LogP contribution in [0.15, 0.2) is 48.5 Å². The number of hydrogen-bond donors (Lipinski definition) is 2. The third-order valence-electron chi connectivity index (χ3n) is 6.47. The fraction of sp³-hybridized carbons (Fsp3) is 0.292. The zero-order chi connectivity index (χ0) is 20.1. The number of nitrogens with one attached hydrogen (secondary N) is 1. The van der Waals surface area contributed by atoms with E-state index in [2.05, 4.69) is 11.4 Å². The number of hydrogen-bond acceptors (Lipinski definition) is 3. The van der Waals surface area contributed by atoms with Gasteiger partial charge in [-0.05, 0) is 51.9 Å². The van der Waals surface area contributed by atoms with Gasteiger partial charge in [-0.25, -0.2) is 0 Å². The number of carbonyl (C=O) groups is 3. The molecule has 0 saturated carbocycles. The maximum atomic E-state index is 13.1. The minimum Gasteiger partial charge on any atom is -0.481 e. The molecule has 2 aliphatic rings. The number of ketones is 1. The average Bonchev–Trinajstić information content (AvgIpc) is 3.18. The third-order valence-corrected chi connectivity index (χ3v) is 6.47. The first-order chi connectivity index (χ1) is 14.0. The summed E-state index contributed by atoms with van der Waals surface area (Å²) >= 11 is 0. The van der Waals surface area contributed by atoms with E-state index in [0.717, 1.165) is 32.7 Å². The van der Waals surface area contributed by atoms with Crippen LogP contribution in [0.2, 0.25) is 0 Å². The highest BCUT2D eigenvalue weighted by Crippen LogP contribution is 2.43. The summed E-state index contributed by atoms with van der Waals surface area (Å²) in [6.45, 7) is 0. The molecule has 146 valence electrons. The van der Waals surface area contributed by atoms with Gasteiger partial charge >= 0.3 is 5.97 Å². The van der Waals surface area contributed by atoms with Crippen LogP contribution in [-0.4, -0.2) is 28.8 Å². The molecule has 3 atom stereocenters. The maximum absolute atomic E-state index is 13.1. The first kappa shape index (κ1) is 17.9. The lowest BCUT2D eigenvalue weighted by Crippen LogP contribution is -2.42. The highest BCUT2D eigenvalue weighted by atomic mass is 16.4. The predicted molar refractivity (Wildman–Crippen MR) is 110 cm³/mol. The second-order valence-electron chi connectivity index (χ2n) is 8.04. The number of benzene rings is 3. The number of fused-ring (bicyclic) bond motifs is 5. The molecule has 1 saturated heterocycles. The van der Waals surface area contributed by atoms with Crippen LogP contribution in [0.5, 0.6) is 0 Å². The van der Waals surface area contributed by atoms with Gasteiger partial charge in [-0.2, -0.15) is 0 Å². The monoisotopic (exact) mass is 387 g/mol. The van der Waals surface area contributed by atoms with E-state index in [-0.39, 0.29) is 11.7 Å². The molecule has 0 bridgehead atoms. The second kappa shape index (κ2) is 6.69. The van der Waals surface area contributed by atoms with Crippen molar-refractivity contribution in [3.63, 3.8) is 0 Å². The zero-order valence-electron chi connectivity index (χ0n) is 15.9. The molecule has 1 fully saturated rings. The van der Waals surface area contributed by atoms with E-state index in [1.165, 1.54) is 0 Å². The molecule has 0 aromatic heterocycles. The van der Waals surface area contributed by atoms with Crippen molar-refractivity contribution in [3.05, 3.63) is 59.7 Å². The molecule has 0 spiro atoms. The van der Waals surface area contributed by atoms with Gasteiger partial charge in [-0.1, -0.05) is 48.5 Å². The van der Waals surface area contributed by atoms with Gasteiger partial charge in [0.15, 0.2) is 5.78 Å². The Kier molecular flexibility index (Phi) is 4.12. The molecule has 1 heterocycles. The maximum Gasteiger partial charge on any atom is 0.311 e. The van der Waals surface area contributed by atoms with Gasteiger partial charge in [0.2, 0.25) is 5.91 Å². The van der Waals surface area contributed by atoms with E-state index in [1.807, 2.05) is 42.5 Å². The molecule has 1 unspecified atom stereocenters. The zero-order valence-corrected chi connectivity index (χ0v) is 15.9.